The Balaban J connectivity index is 2.49. The zero-order valence-corrected chi connectivity index (χ0v) is 8.62. The van der Waals surface area contributed by atoms with Crippen LogP contribution in [-0.2, 0) is 13.5 Å². The number of hydrogen-bond donors (Lipinski definition) is 0. The van der Waals surface area contributed by atoms with Crippen molar-refractivity contribution in [3.63, 3.8) is 0 Å². The van der Waals surface area contributed by atoms with Crippen LogP contribution in [0.1, 0.15) is 12.5 Å². The van der Waals surface area contributed by atoms with Crippen LogP contribution < -0.4 is 0 Å². The summed E-state index contributed by atoms with van der Waals surface area (Å²) >= 11 is 0. The molecule has 0 bridgehead atoms. The number of aromatic nitrogens is 2. The van der Waals surface area contributed by atoms with E-state index in [2.05, 4.69) is 29.9 Å². The lowest BCUT2D eigenvalue weighted by atomic mass is 10.1. The minimum absolute atomic E-state index is 0.946. The highest BCUT2D eigenvalue weighted by Crippen LogP contribution is 2.16. The van der Waals surface area contributed by atoms with E-state index in [-0.39, 0.29) is 0 Å². The van der Waals surface area contributed by atoms with Gasteiger partial charge >= 0.3 is 0 Å². The van der Waals surface area contributed by atoms with Gasteiger partial charge in [-0.2, -0.15) is 5.10 Å². The van der Waals surface area contributed by atoms with Crippen LogP contribution >= 0.6 is 0 Å². The maximum Gasteiger partial charge on any atom is 0.0681 e. The molecular formula is C12H14N2. The predicted octanol–water partition coefficient (Wildman–Crippen LogP) is 2.69. The quantitative estimate of drug-likeness (QED) is 0.659. The van der Waals surface area contributed by atoms with Crippen LogP contribution in [0.4, 0.5) is 0 Å². The number of fused-ring (bicyclic) bond motifs is 1. The molecular weight excluding hydrogens is 172 g/mol. The second-order valence-corrected chi connectivity index (χ2v) is 3.80. The molecule has 0 aliphatic carbocycles. The standard InChI is InChI=1S/C12H14N2/c1-9(2)6-10-4-5-11-8-13-14(3)12(11)7-10/h4-5,7-8H,1,6H2,2-3H3. The molecule has 72 valence electrons. The van der Waals surface area contributed by atoms with Gasteiger partial charge in [0.1, 0.15) is 0 Å². The van der Waals surface area contributed by atoms with Crippen LogP contribution in [0.2, 0.25) is 0 Å². The van der Waals surface area contributed by atoms with E-state index in [1.165, 1.54) is 22.0 Å². The predicted molar refractivity (Wildman–Crippen MR) is 59.2 cm³/mol. The van der Waals surface area contributed by atoms with E-state index in [9.17, 15) is 0 Å². The molecule has 2 heteroatoms. The molecule has 0 N–H and O–H groups in total. The van der Waals surface area contributed by atoms with E-state index < -0.39 is 0 Å². The SMILES string of the molecule is C=C(C)Cc1ccc2cnn(C)c2c1. The third-order valence-electron chi connectivity index (χ3n) is 2.32. The summed E-state index contributed by atoms with van der Waals surface area (Å²) in [6.07, 6.45) is 2.83. The van der Waals surface area contributed by atoms with E-state index in [0.717, 1.165) is 6.42 Å². The van der Waals surface area contributed by atoms with Crippen molar-refractivity contribution in [1.29, 1.82) is 0 Å². The van der Waals surface area contributed by atoms with E-state index in [0.29, 0.717) is 0 Å². The zero-order chi connectivity index (χ0) is 10.1. The maximum absolute atomic E-state index is 4.21. The number of rotatable bonds is 2. The molecule has 1 heterocycles. The number of allylic oxidation sites excluding steroid dienone is 1. The first-order valence-electron chi connectivity index (χ1n) is 4.72. The zero-order valence-electron chi connectivity index (χ0n) is 8.62. The molecule has 0 saturated heterocycles. The van der Waals surface area contributed by atoms with Gasteiger partial charge in [-0.25, -0.2) is 0 Å². The smallest absolute Gasteiger partial charge is 0.0681 e. The fourth-order valence-corrected chi connectivity index (χ4v) is 1.65. The molecule has 0 fully saturated rings. The first kappa shape index (κ1) is 9.00. The minimum Gasteiger partial charge on any atom is -0.268 e. The largest absolute Gasteiger partial charge is 0.268 e. The topological polar surface area (TPSA) is 17.8 Å². The third kappa shape index (κ3) is 1.55. The van der Waals surface area contributed by atoms with Gasteiger partial charge in [-0.1, -0.05) is 24.3 Å². The van der Waals surface area contributed by atoms with Gasteiger partial charge in [-0.3, -0.25) is 4.68 Å². The second kappa shape index (κ2) is 3.29. The van der Waals surface area contributed by atoms with Crippen molar-refractivity contribution in [2.24, 2.45) is 7.05 Å². The summed E-state index contributed by atoms with van der Waals surface area (Å²) in [7, 11) is 1.97. The molecule has 14 heavy (non-hydrogen) atoms. The first-order valence-corrected chi connectivity index (χ1v) is 4.72. The highest BCUT2D eigenvalue weighted by molar-refractivity contribution is 5.79. The van der Waals surface area contributed by atoms with Gasteiger partial charge in [0.15, 0.2) is 0 Å². The van der Waals surface area contributed by atoms with Crippen LogP contribution in [0, 0.1) is 0 Å². The van der Waals surface area contributed by atoms with Crippen molar-refractivity contribution in [3.05, 3.63) is 42.1 Å². The third-order valence-corrected chi connectivity index (χ3v) is 2.32. The molecule has 0 saturated carbocycles. The fourth-order valence-electron chi connectivity index (χ4n) is 1.65. The first-order chi connectivity index (χ1) is 6.66. The van der Waals surface area contributed by atoms with Crippen molar-refractivity contribution in [3.8, 4) is 0 Å². The van der Waals surface area contributed by atoms with Gasteiger partial charge in [0.25, 0.3) is 0 Å². The molecule has 0 spiro atoms. The molecule has 1 aromatic carbocycles. The summed E-state index contributed by atoms with van der Waals surface area (Å²) in [5.74, 6) is 0. The summed E-state index contributed by atoms with van der Waals surface area (Å²) in [5.41, 5.74) is 3.67. The Morgan fingerprint density at radius 1 is 1.50 bits per heavy atom. The van der Waals surface area contributed by atoms with Gasteiger partial charge in [0.2, 0.25) is 0 Å². The number of nitrogens with zero attached hydrogens (tertiary/aromatic N) is 2. The molecule has 2 rings (SSSR count). The molecule has 0 aliphatic heterocycles. The summed E-state index contributed by atoms with van der Waals surface area (Å²) < 4.78 is 1.90. The lowest BCUT2D eigenvalue weighted by Crippen LogP contribution is -1.91. The molecule has 0 radical (unpaired) electrons. The molecule has 0 amide bonds. The highest BCUT2D eigenvalue weighted by Gasteiger charge is 2.00. The van der Waals surface area contributed by atoms with Gasteiger partial charge in [0.05, 0.1) is 11.7 Å². The Labute approximate surface area is 83.9 Å². The molecule has 0 aliphatic rings. The normalized spacial score (nSPS) is 10.7. The average molecular weight is 186 g/mol. The Bertz CT molecular complexity index is 480. The van der Waals surface area contributed by atoms with E-state index >= 15 is 0 Å². The van der Waals surface area contributed by atoms with E-state index in [4.69, 9.17) is 0 Å². The Morgan fingerprint density at radius 3 is 3.00 bits per heavy atom. The molecule has 0 atom stereocenters. The molecule has 1 aromatic heterocycles. The van der Waals surface area contributed by atoms with Crippen molar-refractivity contribution in [2.45, 2.75) is 13.3 Å². The van der Waals surface area contributed by atoms with Gasteiger partial charge in [-0.15, -0.1) is 0 Å². The van der Waals surface area contributed by atoms with Gasteiger partial charge < -0.3 is 0 Å². The minimum atomic E-state index is 0.946. The van der Waals surface area contributed by atoms with Crippen molar-refractivity contribution in [1.82, 2.24) is 9.78 Å². The maximum atomic E-state index is 4.21. The molecule has 0 unspecified atom stereocenters. The van der Waals surface area contributed by atoms with E-state index in [1.807, 2.05) is 24.9 Å². The molecule has 2 aromatic rings. The highest BCUT2D eigenvalue weighted by atomic mass is 15.2. The summed E-state index contributed by atoms with van der Waals surface area (Å²) in [6.45, 7) is 5.97. The van der Waals surface area contributed by atoms with Crippen LogP contribution in [0.15, 0.2) is 36.5 Å². The summed E-state index contributed by atoms with van der Waals surface area (Å²) in [4.78, 5) is 0. The lowest BCUT2D eigenvalue weighted by molar-refractivity contribution is 0.796. The van der Waals surface area contributed by atoms with Crippen molar-refractivity contribution in [2.75, 3.05) is 0 Å². The van der Waals surface area contributed by atoms with Gasteiger partial charge in [-0.05, 0) is 25.0 Å². The summed E-state index contributed by atoms with van der Waals surface area (Å²) in [6, 6.07) is 6.43. The van der Waals surface area contributed by atoms with Gasteiger partial charge in [0, 0.05) is 12.4 Å². The summed E-state index contributed by atoms with van der Waals surface area (Å²) in [5, 5.41) is 5.40. The van der Waals surface area contributed by atoms with E-state index in [1.54, 1.807) is 0 Å². The number of benzene rings is 1. The van der Waals surface area contributed by atoms with Crippen molar-refractivity contribution >= 4 is 10.9 Å². The average Bonchev–Trinajstić information content (AvgIpc) is 2.47. The lowest BCUT2D eigenvalue weighted by Gasteiger charge is -2.01. The Hall–Kier alpha value is -1.57. The van der Waals surface area contributed by atoms with Crippen LogP contribution in [0.25, 0.3) is 10.9 Å². The van der Waals surface area contributed by atoms with Crippen LogP contribution in [0.3, 0.4) is 0 Å². The number of hydrogen-bond acceptors (Lipinski definition) is 1. The number of aryl methyl sites for hydroxylation is 1. The van der Waals surface area contributed by atoms with Crippen LogP contribution in [-0.4, -0.2) is 9.78 Å². The molecule has 2 nitrogen and oxygen atoms in total. The fraction of sp³-hybridized carbons (Fsp3) is 0.250. The van der Waals surface area contributed by atoms with Crippen molar-refractivity contribution < 1.29 is 0 Å². The van der Waals surface area contributed by atoms with Crippen LogP contribution in [0.5, 0.6) is 0 Å². The Kier molecular flexibility index (Phi) is 2.12. The second-order valence-electron chi connectivity index (χ2n) is 3.80. The Morgan fingerprint density at radius 2 is 2.29 bits per heavy atom. The monoisotopic (exact) mass is 186 g/mol.